The minimum Gasteiger partial charge on any atom is -0.493 e. The number of carbonyl (C=O) groups is 2. The van der Waals surface area contributed by atoms with Gasteiger partial charge < -0.3 is 9.47 Å². The summed E-state index contributed by atoms with van der Waals surface area (Å²) in [5.41, 5.74) is 3.07. The fourth-order valence-electron chi connectivity index (χ4n) is 3.64. The van der Waals surface area contributed by atoms with Crippen LogP contribution in [0.1, 0.15) is 23.6 Å². The molecule has 4 rings (SSSR count). The smallest absolute Gasteiger partial charge is 0.270 e. The van der Waals surface area contributed by atoms with Crippen LogP contribution in [0.25, 0.3) is 6.08 Å². The van der Waals surface area contributed by atoms with E-state index in [-0.39, 0.29) is 22.3 Å². The summed E-state index contributed by atoms with van der Waals surface area (Å²) < 4.78 is 12.4. The molecule has 0 aliphatic carbocycles. The molecule has 0 spiro atoms. The maximum atomic E-state index is 13.3. The first-order valence-electron chi connectivity index (χ1n) is 11.1. The molecule has 3 aromatic rings. The zero-order valence-corrected chi connectivity index (χ0v) is 22.7. The van der Waals surface area contributed by atoms with E-state index in [0.29, 0.717) is 22.7 Å². The van der Waals surface area contributed by atoms with Gasteiger partial charge in [0.25, 0.3) is 11.8 Å². The quantitative estimate of drug-likeness (QED) is 0.207. The van der Waals surface area contributed by atoms with Crippen molar-refractivity contribution in [2.24, 2.45) is 0 Å². The summed E-state index contributed by atoms with van der Waals surface area (Å²) in [6.45, 7) is 2.33. The lowest BCUT2D eigenvalue weighted by Crippen LogP contribution is -2.54. The van der Waals surface area contributed by atoms with Crippen molar-refractivity contribution in [3.63, 3.8) is 0 Å². The summed E-state index contributed by atoms with van der Waals surface area (Å²) in [5, 5.41) is 2.90. The van der Waals surface area contributed by atoms with Crippen LogP contribution in [0.5, 0.6) is 11.5 Å². The number of nitrogens with one attached hydrogen (secondary N) is 1. The maximum absolute atomic E-state index is 13.3. The van der Waals surface area contributed by atoms with Crippen molar-refractivity contribution in [3.05, 3.63) is 92.4 Å². The molecule has 1 aliphatic heterocycles. The van der Waals surface area contributed by atoms with Crippen LogP contribution in [0.4, 0.5) is 5.69 Å². The van der Waals surface area contributed by atoms with Gasteiger partial charge in [0.15, 0.2) is 16.6 Å². The second-order valence-electron chi connectivity index (χ2n) is 7.93. The van der Waals surface area contributed by atoms with Gasteiger partial charge in [-0.15, -0.1) is 0 Å². The number of hydrogen-bond acceptors (Lipinski definition) is 5. The highest BCUT2D eigenvalue weighted by atomic mass is 79.9. The normalized spacial score (nSPS) is 14.7. The molecule has 9 heteroatoms. The highest BCUT2D eigenvalue weighted by Crippen LogP contribution is 2.38. The van der Waals surface area contributed by atoms with E-state index < -0.39 is 11.8 Å². The van der Waals surface area contributed by atoms with Crippen molar-refractivity contribution in [3.8, 4) is 11.5 Å². The van der Waals surface area contributed by atoms with Gasteiger partial charge in [-0.05, 0) is 77.8 Å². The molecule has 0 radical (unpaired) electrons. The number of anilines is 1. The Hall–Kier alpha value is -3.20. The molecule has 1 fully saturated rings. The van der Waals surface area contributed by atoms with Crippen LogP contribution in [0.2, 0.25) is 5.02 Å². The van der Waals surface area contributed by atoms with Crippen molar-refractivity contribution < 1.29 is 19.1 Å². The molecule has 1 aliphatic rings. The Labute approximate surface area is 228 Å². The SMILES string of the molecule is CCc1ccc(N2C(=O)/C(=C/c3cc(Cl)c(OCc4ccc(Br)cc4)c(OC)c3)C(=O)NC2=S)cc1. The van der Waals surface area contributed by atoms with Gasteiger partial charge in [0.05, 0.1) is 17.8 Å². The van der Waals surface area contributed by atoms with Crippen molar-refractivity contribution in [2.45, 2.75) is 20.0 Å². The van der Waals surface area contributed by atoms with Gasteiger partial charge in [-0.1, -0.05) is 58.7 Å². The Morgan fingerprint density at radius 2 is 1.72 bits per heavy atom. The highest BCUT2D eigenvalue weighted by Gasteiger charge is 2.34. The molecule has 6 nitrogen and oxygen atoms in total. The number of amides is 2. The van der Waals surface area contributed by atoms with Gasteiger partial charge in [-0.3, -0.25) is 19.8 Å². The van der Waals surface area contributed by atoms with Crippen LogP contribution in [-0.2, 0) is 22.6 Å². The number of rotatable bonds is 7. The Kier molecular flexibility index (Phi) is 8.08. The number of benzene rings is 3. The molecule has 1 heterocycles. The number of aryl methyl sites for hydroxylation is 1. The van der Waals surface area contributed by atoms with Gasteiger partial charge in [-0.25, -0.2) is 0 Å². The monoisotopic (exact) mass is 584 g/mol. The first-order chi connectivity index (χ1) is 17.3. The second-order valence-corrected chi connectivity index (χ2v) is 9.64. The molecule has 184 valence electrons. The number of halogens is 2. The lowest BCUT2D eigenvalue weighted by atomic mass is 10.1. The summed E-state index contributed by atoms with van der Waals surface area (Å²) >= 11 is 15.2. The zero-order chi connectivity index (χ0) is 25.8. The van der Waals surface area contributed by atoms with Crippen molar-refractivity contribution in [1.82, 2.24) is 5.32 Å². The molecule has 0 bridgehead atoms. The van der Waals surface area contributed by atoms with E-state index in [1.807, 2.05) is 43.3 Å². The second kappa shape index (κ2) is 11.2. The molecular formula is C27H22BrClN2O4S. The van der Waals surface area contributed by atoms with Gasteiger partial charge in [0.1, 0.15) is 12.2 Å². The number of hydrogen-bond donors (Lipinski definition) is 1. The van der Waals surface area contributed by atoms with Gasteiger partial charge in [0.2, 0.25) is 0 Å². The lowest BCUT2D eigenvalue weighted by molar-refractivity contribution is -0.122. The topological polar surface area (TPSA) is 67.9 Å². The van der Waals surface area contributed by atoms with Crippen molar-refractivity contribution in [1.29, 1.82) is 0 Å². The van der Waals surface area contributed by atoms with Crippen molar-refractivity contribution >= 4 is 68.4 Å². The van der Waals surface area contributed by atoms with Crippen molar-refractivity contribution in [2.75, 3.05) is 12.0 Å². The van der Waals surface area contributed by atoms with Gasteiger partial charge in [-0.2, -0.15) is 0 Å². The molecule has 1 N–H and O–H groups in total. The fourth-order valence-corrected chi connectivity index (χ4v) is 4.46. The van der Waals surface area contributed by atoms with E-state index in [1.165, 1.54) is 18.1 Å². The minimum atomic E-state index is -0.586. The highest BCUT2D eigenvalue weighted by molar-refractivity contribution is 9.10. The lowest BCUT2D eigenvalue weighted by Gasteiger charge is -2.29. The number of thiocarbonyl (C=S) groups is 1. The fraction of sp³-hybridized carbons (Fsp3) is 0.148. The van der Waals surface area contributed by atoms with E-state index in [1.54, 1.807) is 24.3 Å². The Morgan fingerprint density at radius 1 is 1.06 bits per heavy atom. The van der Waals surface area contributed by atoms with Crippen LogP contribution in [-0.4, -0.2) is 24.0 Å². The number of carbonyl (C=O) groups excluding carboxylic acids is 2. The number of methoxy groups -OCH3 is 1. The maximum Gasteiger partial charge on any atom is 0.270 e. The standard InChI is InChI=1S/C27H22BrClN2O4S/c1-3-16-6-10-20(11-7-16)31-26(33)21(25(32)30-27(31)36)12-18-13-22(29)24(23(14-18)34-2)35-15-17-4-8-19(28)9-5-17/h4-14H,3,15H2,1-2H3,(H,30,32,36)/b21-12+. The van der Waals surface area contributed by atoms with Crippen LogP contribution >= 0.6 is 39.7 Å². The molecule has 0 unspecified atom stereocenters. The predicted octanol–water partition coefficient (Wildman–Crippen LogP) is 6.08. The molecule has 3 aromatic carbocycles. The zero-order valence-electron chi connectivity index (χ0n) is 19.5. The van der Waals surface area contributed by atoms with E-state index in [9.17, 15) is 9.59 Å². The van der Waals surface area contributed by atoms with E-state index in [4.69, 9.17) is 33.3 Å². The molecule has 1 saturated heterocycles. The first-order valence-corrected chi connectivity index (χ1v) is 12.6. The Balaban J connectivity index is 1.62. The summed E-state index contributed by atoms with van der Waals surface area (Å²) in [4.78, 5) is 27.3. The van der Waals surface area contributed by atoms with Crippen LogP contribution in [0.15, 0.2) is 70.7 Å². The summed E-state index contributed by atoms with van der Waals surface area (Å²) in [6.07, 6.45) is 2.33. The average molecular weight is 586 g/mol. The van der Waals surface area contributed by atoms with Gasteiger partial charge >= 0.3 is 0 Å². The molecule has 0 aromatic heterocycles. The third kappa shape index (κ3) is 5.61. The van der Waals surface area contributed by atoms with Crippen LogP contribution < -0.4 is 19.7 Å². The average Bonchev–Trinajstić information content (AvgIpc) is 2.87. The summed E-state index contributed by atoms with van der Waals surface area (Å²) in [5.74, 6) is -0.379. The Morgan fingerprint density at radius 3 is 2.36 bits per heavy atom. The molecule has 36 heavy (non-hydrogen) atoms. The van der Waals surface area contributed by atoms with E-state index in [0.717, 1.165) is 22.0 Å². The van der Waals surface area contributed by atoms with Crippen LogP contribution in [0.3, 0.4) is 0 Å². The predicted molar refractivity (Wildman–Crippen MR) is 149 cm³/mol. The van der Waals surface area contributed by atoms with E-state index in [2.05, 4.69) is 21.2 Å². The minimum absolute atomic E-state index is 0.0266. The number of nitrogens with zero attached hydrogens (tertiary/aromatic N) is 1. The summed E-state index contributed by atoms with van der Waals surface area (Å²) in [7, 11) is 1.49. The first kappa shape index (κ1) is 25.9. The molecule has 2 amide bonds. The largest absolute Gasteiger partial charge is 0.493 e. The Bertz CT molecular complexity index is 1360. The summed E-state index contributed by atoms with van der Waals surface area (Å²) in [6, 6.07) is 18.4. The van der Waals surface area contributed by atoms with Gasteiger partial charge in [0, 0.05) is 4.47 Å². The number of ether oxygens (including phenoxy) is 2. The molecule has 0 atom stereocenters. The third-order valence-corrected chi connectivity index (χ3v) is 6.66. The van der Waals surface area contributed by atoms with E-state index >= 15 is 0 Å². The third-order valence-electron chi connectivity index (χ3n) is 5.56. The van der Waals surface area contributed by atoms with Crippen LogP contribution in [0, 0.1) is 0 Å². The molecule has 0 saturated carbocycles. The molecular weight excluding hydrogens is 564 g/mol.